The van der Waals surface area contributed by atoms with Crippen LogP contribution in [0.4, 0.5) is 4.39 Å². The predicted octanol–water partition coefficient (Wildman–Crippen LogP) is 5.39. The minimum absolute atomic E-state index is 0.152. The van der Waals surface area contributed by atoms with Crippen molar-refractivity contribution in [3.63, 3.8) is 0 Å². The summed E-state index contributed by atoms with van der Waals surface area (Å²) in [5, 5.41) is 0.833. The maximum atomic E-state index is 13.9. The van der Waals surface area contributed by atoms with Crippen molar-refractivity contribution in [1.82, 2.24) is 0 Å². The second-order valence-corrected chi connectivity index (χ2v) is 6.58. The minimum atomic E-state index is -0.152. The summed E-state index contributed by atoms with van der Waals surface area (Å²) >= 11 is 6.83. The van der Waals surface area contributed by atoms with Gasteiger partial charge in [0.15, 0.2) is 0 Å². The minimum Gasteiger partial charge on any atom is -0.497 e. The summed E-state index contributed by atoms with van der Waals surface area (Å²) in [4.78, 5) is 0. The smallest absolute Gasteiger partial charge is 0.127 e. The van der Waals surface area contributed by atoms with E-state index in [1.54, 1.807) is 7.11 Å². The first kappa shape index (κ1) is 16.5. The number of alkyl halides is 1. The highest BCUT2D eigenvalue weighted by Crippen LogP contribution is 2.23. The molecule has 0 radical (unpaired) electrons. The molecule has 0 aliphatic carbocycles. The molecule has 0 aliphatic rings. The lowest BCUT2D eigenvalue weighted by Crippen LogP contribution is -2.11. The molecule has 2 aromatic carbocycles. The Morgan fingerprint density at radius 1 is 1.14 bits per heavy atom. The van der Waals surface area contributed by atoms with Crippen LogP contribution in [0.1, 0.15) is 11.1 Å². The normalized spacial score (nSPS) is 12.2. The number of benzene rings is 2. The van der Waals surface area contributed by atoms with Gasteiger partial charge in [-0.05, 0) is 54.2 Å². The largest absolute Gasteiger partial charge is 0.497 e. The molecule has 0 amide bonds. The van der Waals surface area contributed by atoms with Gasteiger partial charge < -0.3 is 4.74 Å². The summed E-state index contributed by atoms with van der Waals surface area (Å²) in [7, 11) is 1.66. The van der Waals surface area contributed by atoms with E-state index in [-0.39, 0.29) is 5.82 Å². The number of methoxy groups -OCH3 is 1. The highest BCUT2D eigenvalue weighted by atomic mass is 79.9. The van der Waals surface area contributed by atoms with Gasteiger partial charge in [0.05, 0.1) is 7.11 Å². The van der Waals surface area contributed by atoms with Crippen LogP contribution in [0.5, 0.6) is 5.75 Å². The fraction of sp³-hybridized carbons (Fsp3) is 0.294. The average molecular weight is 416 g/mol. The Kier molecular flexibility index (Phi) is 6.24. The number of hydrogen-bond acceptors (Lipinski definition) is 1. The lowest BCUT2D eigenvalue weighted by Gasteiger charge is -2.15. The molecule has 0 spiro atoms. The first-order valence-corrected chi connectivity index (χ1v) is 8.66. The zero-order valence-electron chi connectivity index (χ0n) is 11.8. The predicted molar refractivity (Wildman–Crippen MR) is 91.8 cm³/mol. The van der Waals surface area contributed by atoms with E-state index in [4.69, 9.17) is 4.74 Å². The molecule has 1 unspecified atom stereocenters. The van der Waals surface area contributed by atoms with Gasteiger partial charge in [-0.3, -0.25) is 0 Å². The van der Waals surface area contributed by atoms with E-state index >= 15 is 0 Å². The van der Waals surface area contributed by atoms with Gasteiger partial charge in [-0.2, -0.15) is 0 Å². The number of rotatable bonds is 6. The Morgan fingerprint density at radius 3 is 2.62 bits per heavy atom. The highest BCUT2D eigenvalue weighted by molar-refractivity contribution is 9.10. The molecule has 4 heteroatoms. The van der Waals surface area contributed by atoms with Crippen molar-refractivity contribution < 1.29 is 9.13 Å². The quantitative estimate of drug-likeness (QED) is 0.574. The Bertz CT molecular complexity index is 601. The van der Waals surface area contributed by atoms with E-state index in [0.717, 1.165) is 27.5 Å². The van der Waals surface area contributed by atoms with Crippen LogP contribution >= 0.6 is 31.9 Å². The van der Waals surface area contributed by atoms with E-state index in [2.05, 4.69) is 37.9 Å². The molecule has 0 fully saturated rings. The monoisotopic (exact) mass is 414 g/mol. The van der Waals surface area contributed by atoms with Gasteiger partial charge in [-0.1, -0.05) is 50.1 Å². The summed E-state index contributed by atoms with van der Waals surface area (Å²) in [6.07, 6.45) is 1.60. The summed E-state index contributed by atoms with van der Waals surface area (Å²) in [6, 6.07) is 13.3. The molecule has 0 aromatic heterocycles. The van der Waals surface area contributed by atoms with Gasteiger partial charge in [0.25, 0.3) is 0 Å². The maximum Gasteiger partial charge on any atom is 0.127 e. The fourth-order valence-corrected chi connectivity index (χ4v) is 3.10. The van der Waals surface area contributed by atoms with Crippen LogP contribution in [0.15, 0.2) is 46.9 Å². The molecule has 0 bridgehead atoms. The van der Waals surface area contributed by atoms with Crippen LogP contribution < -0.4 is 4.74 Å². The van der Waals surface area contributed by atoms with Gasteiger partial charge in [0.1, 0.15) is 11.6 Å². The van der Waals surface area contributed by atoms with Crippen LogP contribution in [-0.4, -0.2) is 12.4 Å². The number of hydrogen-bond donors (Lipinski definition) is 0. The molecule has 1 atom stereocenters. The third-order valence-corrected chi connectivity index (χ3v) is 4.81. The van der Waals surface area contributed by atoms with E-state index < -0.39 is 0 Å². The molecule has 0 N–H and O–H groups in total. The van der Waals surface area contributed by atoms with E-state index in [1.807, 2.05) is 30.3 Å². The molecule has 0 aliphatic heterocycles. The van der Waals surface area contributed by atoms with Crippen LogP contribution in [0.25, 0.3) is 0 Å². The fourth-order valence-electron chi connectivity index (χ4n) is 2.31. The zero-order valence-corrected chi connectivity index (χ0v) is 15.0. The summed E-state index contributed by atoms with van der Waals surface area (Å²) in [5.74, 6) is 1.05. The first-order valence-electron chi connectivity index (χ1n) is 6.75. The lowest BCUT2D eigenvalue weighted by atomic mass is 9.94. The van der Waals surface area contributed by atoms with Gasteiger partial charge in [-0.25, -0.2) is 4.39 Å². The number of halogens is 3. The van der Waals surface area contributed by atoms with Gasteiger partial charge in [0.2, 0.25) is 0 Å². The van der Waals surface area contributed by atoms with E-state index in [0.29, 0.717) is 12.3 Å². The Morgan fingerprint density at radius 2 is 1.95 bits per heavy atom. The first-order chi connectivity index (χ1) is 10.1. The third-order valence-electron chi connectivity index (χ3n) is 3.40. The van der Waals surface area contributed by atoms with Crippen LogP contribution in [0, 0.1) is 11.7 Å². The Hall–Kier alpha value is -0.870. The second kappa shape index (κ2) is 7.95. The summed E-state index contributed by atoms with van der Waals surface area (Å²) < 4.78 is 20.0. The Labute approximate surface area is 141 Å². The topological polar surface area (TPSA) is 9.23 Å². The van der Waals surface area contributed by atoms with Crippen molar-refractivity contribution in [1.29, 1.82) is 0 Å². The van der Waals surface area contributed by atoms with Crippen molar-refractivity contribution in [2.24, 2.45) is 5.92 Å². The zero-order chi connectivity index (χ0) is 15.2. The standard InChI is InChI=1S/C17H17Br2FO/c1-21-16-4-2-3-12(9-16)7-13(11-18)8-14-5-6-15(19)10-17(14)20/h2-6,9-10,13H,7-8,11H2,1H3. The van der Waals surface area contributed by atoms with Crippen molar-refractivity contribution in [2.45, 2.75) is 12.8 Å². The average Bonchev–Trinajstić information content (AvgIpc) is 2.49. The highest BCUT2D eigenvalue weighted by Gasteiger charge is 2.13. The van der Waals surface area contributed by atoms with E-state index in [1.165, 1.54) is 11.6 Å². The lowest BCUT2D eigenvalue weighted by molar-refractivity contribution is 0.414. The SMILES string of the molecule is COc1cccc(CC(CBr)Cc2ccc(Br)cc2F)c1. The van der Waals surface area contributed by atoms with Crippen molar-refractivity contribution in [3.05, 3.63) is 63.9 Å². The molecule has 1 nitrogen and oxygen atoms in total. The van der Waals surface area contributed by atoms with Crippen molar-refractivity contribution in [3.8, 4) is 5.75 Å². The molecular weight excluding hydrogens is 399 g/mol. The van der Waals surface area contributed by atoms with Crippen molar-refractivity contribution >= 4 is 31.9 Å². The van der Waals surface area contributed by atoms with Gasteiger partial charge in [-0.15, -0.1) is 0 Å². The summed E-state index contributed by atoms with van der Waals surface area (Å²) in [5.41, 5.74) is 1.96. The molecular formula is C17H17Br2FO. The molecule has 2 aromatic rings. The molecule has 0 heterocycles. The molecule has 0 saturated heterocycles. The van der Waals surface area contributed by atoms with Crippen LogP contribution in [0.2, 0.25) is 0 Å². The Balaban J connectivity index is 2.09. The number of ether oxygens (including phenoxy) is 1. The maximum absolute atomic E-state index is 13.9. The van der Waals surface area contributed by atoms with E-state index in [9.17, 15) is 4.39 Å². The second-order valence-electron chi connectivity index (χ2n) is 5.02. The molecule has 112 valence electrons. The van der Waals surface area contributed by atoms with Crippen LogP contribution in [0.3, 0.4) is 0 Å². The van der Waals surface area contributed by atoms with Gasteiger partial charge >= 0.3 is 0 Å². The van der Waals surface area contributed by atoms with Gasteiger partial charge in [0, 0.05) is 9.80 Å². The summed E-state index contributed by atoms with van der Waals surface area (Å²) in [6.45, 7) is 0. The van der Waals surface area contributed by atoms with Crippen molar-refractivity contribution in [2.75, 3.05) is 12.4 Å². The van der Waals surface area contributed by atoms with Crippen LogP contribution in [-0.2, 0) is 12.8 Å². The molecule has 21 heavy (non-hydrogen) atoms. The molecule has 2 rings (SSSR count). The third kappa shape index (κ3) is 4.82. The molecule has 0 saturated carbocycles.